The van der Waals surface area contributed by atoms with Crippen molar-refractivity contribution in [1.29, 1.82) is 0 Å². The molecule has 3 N–H and O–H groups in total. The molecule has 3 aliphatic rings. The average molecular weight is 1210 g/mol. The summed E-state index contributed by atoms with van der Waals surface area (Å²) < 4.78 is 129. The number of nitrogens with zero attached hydrogens (tertiary/aromatic N) is 3. The second-order valence-corrected chi connectivity index (χ2v) is 25.4. The summed E-state index contributed by atoms with van der Waals surface area (Å²) in [5.41, 5.74) is 0.987. The van der Waals surface area contributed by atoms with Crippen molar-refractivity contribution < 1.29 is 77.6 Å². The number of nitrogens with one attached hydrogen (secondary N) is 2. The fourth-order valence-electron chi connectivity index (χ4n) is 8.14. The van der Waals surface area contributed by atoms with Crippen LogP contribution in [0, 0.1) is 23.3 Å². The number of carboxylic acid groups (broad SMARTS) is 1. The molecule has 428 valence electrons. The average Bonchev–Trinajstić information content (AvgIpc) is 4.52. The quantitative estimate of drug-likeness (QED) is 0.0601. The number of sulfone groups is 2. The van der Waals surface area contributed by atoms with Crippen LogP contribution >= 0.6 is 22.7 Å². The maximum atomic E-state index is 14.5. The second-order valence-electron chi connectivity index (χ2n) is 18.9. The first-order valence-corrected chi connectivity index (χ1v) is 30.0. The highest BCUT2D eigenvalue weighted by Crippen LogP contribution is 2.38. The van der Waals surface area contributed by atoms with Gasteiger partial charge in [0, 0.05) is 41.9 Å². The first-order valence-electron chi connectivity index (χ1n) is 25.3. The zero-order chi connectivity index (χ0) is 58.6. The summed E-state index contributed by atoms with van der Waals surface area (Å²) in [5, 5.41) is 14.3. The Hall–Kier alpha value is -8.72. The van der Waals surface area contributed by atoms with Gasteiger partial charge in [-0.25, -0.2) is 49.2 Å². The lowest BCUT2D eigenvalue weighted by Crippen LogP contribution is -2.41. The monoisotopic (exact) mass is 1210 g/mol. The summed E-state index contributed by atoms with van der Waals surface area (Å²) in [5.74, 6) is -6.47. The van der Waals surface area contributed by atoms with Gasteiger partial charge in [0.2, 0.25) is 22.3 Å². The molecule has 3 heterocycles. The van der Waals surface area contributed by atoms with E-state index in [1.807, 2.05) is 0 Å². The number of hydrogen-bond acceptors (Lipinski definition) is 16. The minimum absolute atomic E-state index is 0.0273. The molecule has 2 atom stereocenters. The van der Waals surface area contributed by atoms with Crippen molar-refractivity contribution in [3.63, 3.8) is 0 Å². The van der Waals surface area contributed by atoms with Crippen LogP contribution in [0.5, 0.6) is 33.1 Å². The number of ether oxygens (including phenoxy) is 4. The number of amides is 3. The third kappa shape index (κ3) is 14.0. The number of hydrogen-bond donors (Lipinski definition) is 3. The van der Waals surface area contributed by atoms with Crippen LogP contribution in [0.25, 0.3) is 0 Å². The van der Waals surface area contributed by atoms with Gasteiger partial charge in [-0.1, -0.05) is 59.1 Å². The third-order valence-corrected chi connectivity index (χ3v) is 19.0. The van der Waals surface area contributed by atoms with E-state index < -0.39 is 89.2 Å². The van der Waals surface area contributed by atoms with Crippen molar-refractivity contribution >= 4 is 76.3 Å². The molecule has 8 aromatic rings. The molecule has 0 spiro atoms. The Balaban J connectivity index is 0.000000186. The molecule has 3 fully saturated rings. The van der Waals surface area contributed by atoms with E-state index in [9.17, 15) is 53.6 Å². The third-order valence-electron chi connectivity index (χ3n) is 12.9. The van der Waals surface area contributed by atoms with Crippen molar-refractivity contribution in [2.45, 2.75) is 64.6 Å². The number of anilines is 2. The number of carboxylic acids is 1. The smallest absolute Gasteiger partial charge is 0.335 e. The molecule has 0 bridgehead atoms. The van der Waals surface area contributed by atoms with Crippen molar-refractivity contribution in [2.75, 3.05) is 23.7 Å². The molecule has 18 nitrogen and oxygen atoms in total. The van der Waals surface area contributed by atoms with Crippen LogP contribution in [0.1, 0.15) is 76.2 Å². The van der Waals surface area contributed by atoms with Gasteiger partial charge in [0.05, 0.1) is 38.2 Å². The number of carbonyl (C=O) groups is 4. The summed E-state index contributed by atoms with van der Waals surface area (Å²) in [4.78, 5) is 60.6. The van der Waals surface area contributed by atoms with Gasteiger partial charge in [-0.2, -0.15) is 0 Å². The molecule has 0 radical (unpaired) electrons. The normalized spacial score (nSPS) is 14.6. The van der Waals surface area contributed by atoms with Gasteiger partial charge in [0.1, 0.15) is 23.1 Å². The van der Waals surface area contributed by atoms with Crippen molar-refractivity contribution in [3.05, 3.63) is 191 Å². The Morgan fingerprint density at radius 1 is 0.566 bits per heavy atom. The van der Waals surface area contributed by atoms with Gasteiger partial charge in [-0.3, -0.25) is 25.0 Å². The first-order chi connectivity index (χ1) is 39.8. The number of carbonyl (C=O) groups excluding carboxylic acids is 3. The van der Waals surface area contributed by atoms with Crippen molar-refractivity contribution in [2.24, 2.45) is 0 Å². The Morgan fingerprint density at radius 2 is 0.988 bits per heavy atom. The summed E-state index contributed by atoms with van der Waals surface area (Å²) in [6, 6.07) is 29.0. The number of thiazole rings is 2. The maximum absolute atomic E-state index is 14.5. The number of benzene rings is 6. The van der Waals surface area contributed by atoms with Gasteiger partial charge < -0.3 is 29.0 Å². The number of rotatable bonds is 20. The van der Waals surface area contributed by atoms with E-state index >= 15 is 0 Å². The lowest BCUT2D eigenvalue weighted by atomic mass is 10.1. The minimum atomic E-state index is -3.48. The molecule has 1 aliphatic heterocycles. The highest BCUT2D eigenvalue weighted by Gasteiger charge is 2.38. The highest BCUT2D eigenvalue weighted by molar-refractivity contribution is 7.92. The molecule has 11 rings (SSSR count). The molecule has 26 heteroatoms. The molecule has 2 saturated carbocycles. The summed E-state index contributed by atoms with van der Waals surface area (Å²) in [6.07, 6.45) is 3.19. The first kappa shape index (κ1) is 57.5. The predicted octanol–water partition coefficient (Wildman–Crippen LogP) is 11.4. The van der Waals surface area contributed by atoms with E-state index in [4.69, 9.17) is 24.1 Å². The van der Waals surface area contributed by atoms with Crippen molar-refractivity contribution in [3.8, 4) is 33.1 Å². The number of aromatic nitrogens is 2. The van der Waals surface area contributed by atoms with Gasteiger partial charge in [-0.05, 0) is 117 Å². The predicted molar refractivity (Wildman–Crippen MR) is 295 cm³/mol. The van der Waals surface area contributed by atoms with E-state index in [-0.39, 0.29) is 59.2 Å². The van der Waals surface area contributed by atoms with E-state index in [0.29, 0.717) is 54.2 Å². The van der Waals surface area contributed by atoms with Crippen molar-refractivity contribution in [1.82, 2.24) is 14.9 Å². The summed E-state index contributed by atoms with van der Waals surface area (Å²) in [7, 11) is -6.94. The van der Waals surface area contributed by atoms with E-state index in [1.165, 1.54) is 79.1 Å². The lowest BCUT2D eigenvalue weighted by Gasteiger charge is -2.30. The molecule has 2 unspecified atom stereocenters. The Morgan fingerprint density at radius 3 is 1.37 bits per heavy atom. The molecule has 3 amide bonds. The molecule has 6 aromatic carbocycles. The van der Waals surface area contributed by atoms with Crippen LogP contribution in [-0.4, -0.2) is 84.1 Å². The molecule has 1 saturated heterocycles. The SMILES string of the molecule is O=C(Nc1ncc(Oc2cccc(C(=O)N3CCC3)c2)s1)C(Oc1ccc(F)cc1F)c1ccc(S(=O)(=O)C2CC2)cc1.O=C(O)c1cccc(Oc2cnc(NC(=O)C(Oc3ccc(F)cc3F)c3ccc(S(=O)(=O)C4CC4)cc3)s2)c1. The molecular weight excluding hydrogens is 1170 g/mol. The van der Waals surface area contributed by atoms with Crippen LogP contribution in [0.15, 0.2) is 156 Å². The summed E-state index contributed by atoms with van der Waals surface area (Å²) in [6.45, 7) is 1.45. The number of aromatic carboxylic acids is 1. The fourth-order valence-corrected chi connectivity index (χ4v) is 12.8. The fraction of sp³-hybridized carbons (Fsp3) is 0.193. The van der Waals surface area contributed by atoms with Crippen LogP contribution in [0.4, 0.5) is 27.8 Å². The second kappa shape index (κ2) is 24.4. The molecule has 2 aromatic heterocycles. The van der Waals surface area contributed by atoms with Crippen LogP contribution < -0.4 is 29.6 Å². The minimum Gasteiger partial charge on any atom is -0.478 e. The van der Waals surface area contributed by atoms with Gasteiger partial charge >= 0.3 is 5.97 Å². The van der Waals surface area contributed by atoms with Gasteiger partial charge in [0.15, 0.2) is 53.1 Å². The Labute approximate surface area is 479 Å². The molecule has 2 aliphatic carbocycles. The standard InChI is InChI=1S/C30H25F2N3O6S2.C27H20F2N2O7S2/c31-20-7-12-25(24(32)16-20)41-27(18-5-8-22(9-6-18)43(38,39)23-10-11-23)28(36)34-30-33-17-26(42-30)40-21-4-1-3-19(15-21)29(37)35-13-2-14-35;28-17-6-11-22(21(29)13-17)38-24(15-4-7-19(8-5-15)40(35,36)20-9-10-20)25(32)31-27-30-14-23(39-27)37-18-3-1-2-16(12-18)26(33)34/h1,3-9,12,15-17,23,27H,2,10-11,13-14H2,(H,33,34,36);1-8,11-14,20,24H,9-10H2,(H,33,34)(H,30,31,32). The van der Waals surface area contributed by atoms with Gasteiger partial charge in [0.25, 0.3) is 17.7 Å². The zero-order valence-corrected chi connectivity index (χ0v) is 46.2. The summed E-state index contributed by atoms with van der Waals surface area (Å²) >= 11 is 1.95. The Bertz CT molecular complexity index is 3990. The molecular formula is C57H45F4N5O13S4. The van der Waals surface area contributed by atoms with Crippen LogP contribution in [-0.2, 0) is 29.3 Å². The lowest BCUT2D eigenvalue weighted by molar-refractivity contribution is -0.123. The number of halogens is 4. The zero-order valence-electron chi connectivity index (χ0n) is 42.9. The maximum Gasteiger partial charge on any atom is 0.335 e. The topological polar surface area (TPSA) is 247 Å². The van der Waals surface area contributed by atoms with Crippen LogP contribution in [0.2, 0.25) is 0 Å². The van der Waals surface area contributed by atoms with Crippen LogP contribution in [0.3, 0.4) is 0 Å². The highest BCUT2D eigenvalue weighted by atomic mass is 32.2. The largest absolute Gasteiger partial charge is 0.478 e. The van der Waals surface area contributed by atoms with E-state index in [0.717, 1.165) is 66.4 Å². The Kier molecular flexibility index (Phi) is 16.9. The van der Waals surface area contributed by atoms with E-state index in [2.05, 4.69) is 20.6 Å². The number of likely N-dealkylation sites (tertiary alicyclic amines) is 1. The molecule has 83 heavy (non-hydrogen) atoms. The van der Waals surface area contributed by atoms with E-state index in [1.54, 1.807) is 35.2 Å². The van der Waals surface area contributed by atoms with Gasteiger partial charge in [-0.15, -0.1) is 0 Å².